The van der Waals surface area contributed by atoms with Gasteiger partial charge in [0.25, 0.3) is 0 Å². The second-order valence-electron chi connectivity index (χ2n) is 4.39. The largest absolute Gasteiger partial charge is 0.384 e. The molecule has 0 spiro atoms. The number of pyridine rings is 1. The highest BCUT2D eigenvalue weighted by Crippen LogP contribution is 2.20. The first kappa shape index (κ1) is 13.9. The number of halogens is 1. The molecule has 1 aromatic heterocycles. The molecule has 2 heterocycles. The molecule has 0 saturated carbocycles. The Morgan fingerprint density at radius 2 is 2.06 bits per heavy atom. The fourth-order valence-electron chi connectivity index (χ4n) is 2.07. The third kappa shape index (κ3) is 3.41. The fourth-order valence-corrected chi connectivity index (χ4v) is 2.07. The van der Waals surface area contributed by atoms with Gasteiger partial charge in [-0.25, -0.2) is 4.98 Å². The van der Waals surface area contributed by atoms with Crippen LogP contribution in [0.25, 0.3) is 0 Å². The van der Waals surface area contributed by atoms with Crippen molar-refractivity contribution in [3.8, 4) is 0 Å². The number of Topliss-reactive ketones (excluding diaryl/α,β-unsaturated/α-hetero) is 1. The highest BCUT2D eigenvalue weighted by Gasteiger charge is 2.25. The van der Waals surface area contributed by atoms with Crippen molar-refractivity contribution in [3.05, 3.63) is 23.9 Å². The van der Waals surface area contributed by atoms with Crippen molar-refractivity contribution in [1.82, 2.24) is 9.88 Å². The quantitative estimate of drug-likeness (QED) is 0.816. The SMILES string of the molecule is CN1CCC(C(=O)c2cccc(N)n2)CC1.Cl. The Bertz CT molecular complexity index is 389. The van der Waals surface area contributed by atoms with E-state index in [4.69, 9.17) is 5.73 Å². The van der Waals surface area contributed by atoms with Crippen LogP contribution in [0, 0.1) is 5.92 Å². The summed E-state index contributed by atoms with van der Waals surface area (Å²) >= 11 is 0. The number of hydrogen-bond donors (Lipinski definition) is 1. The molecule has 94 valence electrons. The van der Waals surface area contributed by atoms with Gasteiger partial charge in [0.15, 0.2) is 5.78 Å². The van der Waals surface area contributed by atoms with E-state index in [-0.39, 0.29) is 24.1 Å². The lowest BCUT2D eigenvalue weighted by Crippen LogP contribution is -2.33. The Morgan fingerprint density at radius 3 is 2.65 bits per heavy atom. The van der Waals surface area contributed by atoms with Crippen LogP contribution in [-0.2, 0) is 0 Å². The number of likely N-dealkylation sites (tertiary alicyclic amines) is 1. The number of nitrogens with two attached hydrogens (primary N) is 1. The molecule has 0 amide bonds. The first-order valence-electron chi connectivity index (χ1n) is 5.62. The molecule has 1 aliphatic rings. The molecule has 0 atom stereocenters. The van der Waals surface area contributed by atoms with Gasteiger partial charge in [0.05, 0.1) is 0 Å². The lowest BCUT2D eigenvalue weighted by Gasteiger charge is -2.27. The summed E-state index contributed by atoms with van der Waals surface area (Å²) in [6.45, 7) is 1.97. The molecule has 0 bridgehead atoms. The van der Waals surface area contributed by atoms with E-state index in [0.717, 1.165) is 25.9 Å². The monoisotopic (exact) mass is 255 g/mol. The van der Waals surface area contributed by atoms with Gasteiger partial charge in [-0.3, -0.25) is 4.79 Å². The van der Waals surface area contributed by atoms with E-state index < -0.39 is 0 Å². The number of nitrogens with zero attached hydrogens (tertiary/aromatic N) is 2. The van der Waals surface area contributed by atoms with Gasteiger partial charge in [0, 0.05) is 5.92 Å². The van der Waals surface area contributed by atoms with Gasteiger partial charge in [-0.05, 0) is 45.1 Å². The second kappa shape index (κ2) is 5.98. The van der Waals surface area contributed by atoms with Crippen LogP contribution >= 0.6 is 12.4 Å². The summed E-state index contributed by atoms with van der Waals surface area (Å²) in [7, 11) is 2.08. The number of hydrogen-bond acceptors (Lipinski definition) is 4. The zero-order chi connectivity index (χ0) is 11.5. The predicted octanol–water partition coefficient (Wildman–Crippen LogP) is 1.61. The van der Waals surface area contributed by atoms with Gasteiger partial charge in [0.2, 0.25) is 0 Å². The standard InChI is InChI=1S/C12H17N3O.ClH/c1-15-7-5-9(6-8-15)12(16)10-3-2-4-11(13)14-10;/h2-4,9H,5-8H2,1H3,(H2,13,14);1H. The van der Waals surface area contributed by atoms with E-state index in [9.17, 15) is 4.79 Å². The fraction of sp³-hybridized carbons (Fsp3) is 0.500. The maximum Gasteiger partial charge on any atom is 0.184 e. The molecule has 4 nitrogen and oxygen atoms in total. The van der Waals surface area contributed by atoms with Crippen molar-refractivity contribution in [2.75, 3.05) is 25.9 Å². The summed E-state index contributed by atoms with van der Waals surface area (Å²) in [5, 5.41) is 0. The Morgan fingerprint density at radius 1 is 1.41 bits per heavy atom. The van der Waals surface area contributed by atoms with Gasteiger partial charge in [-0.1, -0.05) is 6.07 Å². The van der Waals surface area contributed by atoms with Crippen LogP contribution in [-0.4, -0.2) is 35.8 Å². The van der Waals surface area contributed by atoms with Gasteiger partial charge in [-0.15, -0.1) is 12.4 Å². The summed E-state index contributed by atoms with van der Waals surface area (Å²) in [4.78, 5) is 18.5. The second-order valence-corrected chi connectivity index (χ2v) is 4.39. The number of carbonyl (C=O) groups excluding carboxylic acids is 1. The number of aromatic nitrogens is 1. The minimum Gasteiger partial charge on any atom is -0.384 e. The first-order chi connectivity index (χ1) is 7.66. The van der Waals surface area contributed by atoms with E-state index in [1.165, 1.54) is 0 Å². The zero-order valence-electron chi connectivity index (χ0n) is 9.93. The first-order valence-corrected chi connectivity index (χ1v) is 5.62. The van der Waals surface area contributed by atoms with Crippen molar-refractivity contribution in [2.45, 2.75) is 12.8 Å². The molecular weight excluding hydrogens is 238 g/mol. The van der Waals surface area contributed by atoms with Gasteiger partial charge in [0.1, 0.15) is 11.5 Å². The highest BCUT2D eigenvalue weighted by molar-refractivity contribution is 5.96. The summed E-state index contributed by atoms with van der Waals surface area (Å²) in [6.07, 6.45) is 1.84. The molecule has 0 aliphatic carbocycles. The van der Waals surface area contributed by atoms with Gasteiger partial charge < -0.3 is 10.6 Å². The molecule has 17 heavy (non-hydrogen) atoms. The Balaban J connectivity index is 0.00000144. The van der Waals surface area contributed by atoms with Crippen LogP contribution in [0.3, 0.4) is 0 Å². The number of carbonyl (C=O) groups is 1. The average molecular weight is 256 g/mol. The number of piperidine rings is 1. The number of anilines is 1. The molecule has 0 unspecified atom stereocenters. The summed E-state index contributed by atoms with van der Waals surface area (Å²) in [6, 6.07) is 5.23. The summed E-state index contributed by atoms with van der Waals surface area (Å²) in [5.41, 5.74) is 6.09. The number of nitrogen functional groups attached to an aromatic ring is 1. The zero-order valence-corrected chi connectivity index (χ0v) is 10.7. The average Bonchev–Trinajstić information content (AvgIpc) is 2.29. The lowest BCUT2D eigenvalue weighted by atomic mass is 9.91. The maximum atomic E-state index is 12.1. The van der Waals surface area contributed by atoms with Crippen molar-refractivity contribution < 1.29 is 4.79 Å². The van der Waals surface area contributed by atoms with Gasteiger partial charge in [-0.2, -0.15) is 0 Å². The minimum absolute atomic E-state index is 0. The normalized spacial score (nSPS) is 17.5. The molecule has 2 rings (SSSR count). The molecular formula is C12H18ClN3O. The van der Waals surface area contributed by atoms with Crippen LogP contribution in [0.2, 0.25) is 0 Å². The highest BCUT2D eigenvalue weighted by atomic mass is 35.5. The Hall–Kier alpha value is -1.13. The van der Waals surface area contributed by atoms with Crippen molar-refractivity contribution in [1.29, 1.82) is 0 Å². The van der Waals surface area contributed by atoms with E-state index >= 15 is 0 Å². The molecule has 1 fully saturated rings. The predicted molar refractivity (Wildman–Crippen MR) is 70.4 cm³/mol. The molecule has 0 radical (unpaired) electrons. The Kier molecular flexibility index (Phi) is 4.90. The van der Waals surface area contributed by atoms with Crippen LogP contribution < -0.4 is 5.73 Å². The topological polar surface area (TPSA) is 59.2 Å². The van der Waals surface area contributed by atoms with Crippen molar-refractivity contribution in [2.24, 2.45) is 5.92 Å². The Labute approximate surface area is 108 Å². The van der Waals surface area contributed by atoms with Gasteiger partial charge >= 0.3 is 0 Å². The van der Waals surface area contributed by atoms with E-state index in [1.807, 2.05) is 0 Å². The van der Waals surface area contributed by atoms with Crippen LogP contribution in [0.1, 0.15) is 23.3 Å². The molecule has 5 heteroatoms. The third-order valence-corrected chi connectivity index (χ3v) is 3.11. The third-order valence-electron chi connectivity index (χ3n) is 3.11. The minimum atomic E-state index is 0. The van der Waals surface area contributed by atoms with E-state index in [2.05, 4.69) is 16.9 Å². The number of ketones is 1. The molecule has 1 aromatic rings. The molecule has 2 N–H and O–H groups in total. The van der Waals surface area contributed by atoms with Crippen molar-refractivity contribution in [3.63, 3.8) is 0 Å². The number of rotatable bonds is 2. The molecule has 1 saturated heterocycles. The van der Waals surface area contributed by atoms with E-state index in [0.29, 0.717) is 11.5 Å². The van der Waals surface area contributed by atoms with Crippen LogP contribution in [0.5, 0.6) is 0 Å². The smallest absolute Gasteiger partial charge is 0.184 e. The maximum absolute atomic E-state index is 12.1. The molecule has 1 aliphatic heterocycles. The van der Waals surface area contributed by atoms with Crippen LogP contribution in [0.15, 0.2) is 18.2 Å². The lowest BCUT2D eigenvalue weighted by molar-refractivity contribution is 0.0851. The van der Waals surface area contributed by atoms with Crippen molar-refractivity contribution >= 4 is 24.0 Å². The molecule has 0 aromatic carbocycles. The van der Waals surface area contributed by atoms with E-state index in [1.54, 1.807) is 18.2 Å². The summed E-state index contributed by atoms with van der Waals surface area (Å²) < 4.78 is 0. The summed E-state index contributed by atoms with van der Waals surface area (Å²) in [5.74, 6) is 0.671. The van der Waals surface area contributed by atoms with Crippen LogP contribution in [0.4, 0.5) is 5.82 Å².